The van der Waals surface area contributed by atoms with E-state index >= 15 is 0 Å². The Hall–Kier alpha value is -1.75. The summed E-state index contributed by atoms with van der Waals surface area (Å²) in [7, 11) is 0. The van der Waals surface area contributed by atoms with Gasteiger partial charge in [0, 0.05) is 12.5 Å². The van der Waals surface area contributed by atoms with Crippen LogP contribution in [0.5, 0.6) is 11.5 Å². The summed E-state index contributed by atoms with van der Waals surface area (Å²) in [5.41, 5.74) is 0.0368. The summed E-state index contributed by atoms with van der Waals surface area (Å²) in [6.45, 7) is 4.04. The second-order valence-corrected chi connectivity index (χ2v) is 5.14. The SMILES string of the molecule is CCC(O)(CC)COc1ccc2c(c1)OC(C(=O)O)C2. The number of aliphatic hydroxyl groups is 1. The second-order valence-electron chi connectivity index (χ2n) is 5.14. The molecular formula is C15H20O5. The molecule has 0 aliphatic carbocycles. The molecule has 0 amide bonds. The number of benzene rings is 1. The first-order valence-electron chi connectivity index (χ1n) is 6.85. The first kappa shape index (κ1) is 14.7. The molecule has 1 aromatic carbocycles. The second kappa shape index (κ2) is 5.71. The van der Waals surface area contributed by atoms with E-state index in [1.165, 1.54) is 0 Å². The summed E-state index contributed by atoms with van der Waals surface area (Å²) in [5, 5.41) is 19.1. The van der Waals surface area contributed by atoms with Gasteiger partial charge in [0.25, 0.3) is 0 Å². The Morgan fingerprint density at radius 3 is 2.75 bits per heavy atom. The maximum atomic E-state index is 10.9. The predicted octanol–water partition coefficient (Wildman–Crippen LogP) is 2.00. The van der Waals surface area contributed by atoms with Crippen molar-refractivity contribution in [3.05, 3.63) is 23.8 Å². The average molecular weight is 280 g/mol. The van der Waals surface area contributed by atoms with Gasteiger partial charge in [0.05, 0.1) is 5.60 Å². The molecule has 0 saturated carbocycles. The van der Waals surface area contributed by atoms with Crippen molar-refractivity contribution in [2.45, 2.75) is 44.8 Å². The number of carboxylic acids is 1. The zero-order valence-electron chi connectivity index (χ0n) is 11.8. The number of aliphatic carboxylic acids is 1. The summed E-state index contributed by atoms with van der Waals surface area (Å²) in [5.74, 6) is 0.163. The third-order valence-electron chi connectivity index (χ3n) is 3.81. The Morgan fingerprint density at radius 1 is 1.45 bits per heavy atom. The Bertz CT molecular complexity index is 493. The molecule has 20 heavy (non-hydrogen) atoms. The smallest absolute Gasteiger partial charge is 0.345 e. The van der Waals surface area contributed by atoms with Crippen LogP contribution in [0.15, 0.2) is 18.2 Å². The van der Waals surface area contributed by atoms with Gasteiger partial charge in [0.1, 0.15) is 18.1 Å². The summed E-state index contributed by atoms with van der Waals surface area (Å²) in [4.78, 5) is 10.9. The van der Waals surface area contributed by atoms with Crippen LogP contribution in [0, 0.1) is 0 Å². The van der Waals surface area contributed by atoms with E-state index in [1.54, 1.807) is 12.1 Å². The highest BCUT2D eigenvalue weighted by Gasteiger charge is 2.29. The molecule has 0 spiro atoms. The molecule has 0 radical (unpaired) electrons. The molecule has 1 aromatic rings. The molecule has 0 saturated heterocycles. The molecular weight excluding hydrogens is 260 g/mol. The molecule has 2 rings (SSSR count). The lowest BCUT2D eigenvalue weighted by Gasteiger charge is -2.25. The Morgan fingerprint density at radius 2 is 2.15 bits per heavy atom. The van der Waals surface area contributed by atoms with E-state index in [-0.39, 0.29) is 6.61 Å². The van der Waals surface area contributed by atoms with Gasteiger partial charge in [-0.05, 0) is 24.5 Å². The van der Waals surface area contributed by atoms with E-state index in [0.717, 1.165) is 5.56 Å². The van der Waals surface area contributed by atoms with Crippen LogP contribution in [0.1, 0.15) is 32.3 Å². The van der Waals surface area contributed by atoms with Crippen molar-refractivity contribution in [3.8, 4) is 11.5 Å². The fourth-order valence-electron chi connectivity index (χ4n) is 2.11. The summed E-state index contributed by atoms with van der Waals surface area (Å²) >= 11 is 0. The van der Waals surface area contributed by atoms with Gasteiger partial charge in [-0.25, -0.2) is 4.79 Å². The Balaban J connectivity index is 2.03. The lowest BCUT2D eigenvalue weighted by atomic mass is 9.99. The largest absolute Gasteiger partial charge is 0.490 e. The Kier molecular flexibility index (Phi) is 4.18. The standard InChI is InChI=1S/C15H20O5/c1-3-15(18,4-2)9-19-11-6-5-10-7-13(14(16)17)20-12(10)8-11/h5-6,8,13,18H,3-4,7,9H2,1-2H3,(H,16,17). The van der Waals surface area contributed by atoms with E-state index in [2.05, 4.69) is 0 Å². The van der Waals surface area contributed by atoms with Gasteiger partial charge >= 0.3 is 5.97 Å². The number of hydrogen-bond acceptors (Lipinski definition) is 4. The fourth-order valence-corrected chi connectivity index (χ4v) is 2.11. The monoisotopic (exact) mass is 280 g/mol. The quantitative estimate of drug-likeness (QED) is 0.833. The zero-order chi connectivity index (χ0) is 14.8. The van der Waals surface area contributed by atoms with Crippen molar-refractivity contribution in [2.75, 3.05) is 6.61 Å². The van der Waals surface area contributed by atoms with E-state index in [1.807, 2.05) is 19.9 Å². The maximum Gasteiger partial charge on any atom is 0.345 e. The van der Waals surface area contributed by atoms with Gasteiger partial charge in [-0.1, -0.05) is 19.9 Å². The van der Waals surface area contributed by atoms with E-state index in [0.29, 0.717) is 30.8 Å². The van der Waals surface area contributed by atoms with Crippen molar-refractivity contribution < 1.29 is 24.5 Å². The lowest BCUT2D eigenvalue weighted by molar-refractivity contribution is -0.144. The third kappa shape index (κ3) is 3.04. The van der Waals surface area contributed by atoms with Gasteiger partial charge in [-0.2, -0.15) is 0 Å². The molecule has 5 nitrogen and oxygen atoms in total. The molecule has 110 valence electrons. The molecule has 0 bridgehead atoms. The average Bonchev–Trinajstić information content (AvgIpc) is 2.88. The van der Waals surface area contributed by atoms with Crippen LogP contribution in [-0.2, 0) is 11.2 Å². The van der Waals surface area contributed by atoms with Crippen molar-refractivity contribution in [3.63, 3.8) is 0 Å². The van der Waals surface area contributed by atoms with Gasteiger partial charge in [-0.3, -0.25) is 0 Å². The van der Waals surface area contributed by atoms with Crippen LogP contribution in [0.25, 0.3) is 0 Å². The zero-order valence-corrected chi connectivity index (χ0v) is 11.8. The highest BCUT2D eigenvalue weighted by Crippen LogP contribution is 2.33. The van der Waals surface area contributed by atoms with Crippen molar-refractivity contribution >= 4 is 5.97 Å². The van der Waals surface area contributed by atoms with E-state index in [9.17, 15) is 9.90 Å². The normalized spacial score (nSPS) is 17.4. The highest BCUT2D eigenvalue weighted by atomic mass is 16.5. The number of carboxylic acid groups (broad SMARTS) is 1. The van der Waals surface area contributed by atoms with Crippen LogP contribution < -0.4 is 9.47 Å². The predicted molar refractivity (Wildman–Crippen MR) is 73.2 cm³/mol. The number of fused-ring (bicyclic) bond motifs is 1. The number of hydrogen-bond donors (Lipinski definition) is 2. The molecule has 1 unspecified atom stereocenters. The van der Waals surface area contributed by atoms with Crippen LogP contribution in [0.4, 0.5) is 0 Å². The number of rotatable bonds is 6. The van der Waals surface area contributed by atoms with Crippen LogP contribution in [0.2, 0.25) is 0 Å². The molecule has 5 heteroatoms. The lowest BCUT2D eigenvalue weighted by Crippen LogP contribution is -2.34. The number of ether oxygens (including phenoxy) is 2. The van der Waals surface area contributed by atoms with Crippen molar-refractivity contribution in [1.29, 1.82) is 0 Å². The van der Waals surface area contributed by atoms with Gasteiger partial charge in [0.2, 0.25) is 0 Å². The van der Waals surface area contributed by atoms with Crippen molar-refractivity contribution in [1.82, 2.24) is 0 Å². The Labute approximate surface area is 118 Å². The fraction of sp³-hybridized carbons (Fsp3) is 0.533. The molecule has 0 aromatic heterocycles. The van der Waals surface area contributed by atoms with Gasteiger partial charge in [-0.15, -0.1) is 0 Å². The number of carbonyl (C=O) groups is 1. The van der Waals surface area contributed by atoms with Crippen LogP contribution in [0.3, 0.4) is 0 Å². The van der Waals surface area contributed by atoms with Crippen molar-refractivity contribution in [2.24, 2.45) is 0 Å². The molecule has 1 atom stereocenters. The van der Waals surface area contributed by atoms with Gasteiger partial charge < -0.3 is 19.7 Å². The molecule has 0 fully saturated rings. The molecule has 1 heterocycles. The minimum atomic E-state index is -0.963. The topological polar surface area (TPSA) is 76.0 Å². The third-order valence-corrected chi connectivity index (χ3v) is 3.81. The maximum absolute atomic E-state index is 10.9. The molecule has 1 aliphatic heterocycles. The highest BCUT2D eigenvalue weighted by molar-refractivity contribution is 5.74. The minimum Gasteiger partial charge on any atom is -0.490 e. The summed E-state index contributed by atoms with van der Waals surface area (Å²) in [6.07, 6.45) is 0.792. The van der Waals surface area contributed by atoms with Gasteiger partial charge in [0.15, 0.2) is 6.10 Å². The van der Waals surface area contributed by atoms with Crippen LogP contribution >= 0.6 is 0 Å². The molecule has 2 N–H and O–H groups in total. The first-order chi connectivity index (χ1) is 9.47. The van der Waals surface area contributed by atoms with E-state index < -0.39 is 17.7 Å². The first-order valence-corrected chi connectivity index (χ1v) is 6.85. The van der Waals surface area contributed by atoms with Crippen LogP contribution in [-0.4, -0.2) is 34.5 Å². The molecule has 1 aliphatic rings. The summed E-state index contributed by atoms with van der Waals surface area (Å²) in [6, 6.07) is 5.27. The summed E-state index contributed by atoms with van der Waals surface area (Å²) < 4.78 is 10.9. The minimum absolute atomic E-state index is 0.209. The van der Waals surface area contributed by atoms with E-state index in [4.69, 9.17) is 14.6 Å².